The Morgan fingerprint density at radius 3 is 2.60 bits per heavy atom. The summed E-state index contributed by atoms with van der Waals surface area (Å²) in [7, 11) is 0. The number of nitrogens with one attached hydrogen (secondary N) is 1. The number of halogens is 2. The van der Waals surface area contributed by atoms with Gasteiger partial charge < -0.3 is 10.4 Å². The van der Waals surface area contributed by atoms with E-state index in [0.29, 0.717) is 16.8 Å². The van der Waals surface area contributed by atoms with E-state index < -0.39 is 6.10 Å². The summed E-state index contributed by atoms with van der Waals surface area (Å²) in [5.74, 6) is -0.339. The van der Waals surface area contributed by atoms with E-state index in [1.165, 1.54) is 24.3 Å². The SMILES string of the molecule is N#Cc1cc(Br)ccc1NCC(O)c1ccc(F)cc1. The van der Waals surface area contributed by atoms with Crippen LogP contribution in [0, 0.1) is 17.1 Å². The average Bonchev–Trinajstić information content (AvgIpc) is 2.46. The predicted octanol–water partition coefficient (Wildman–Crippen LogP) is 3.61. The highest BCUT2D eigenvalue weighted by atomic mass is 79.9. The third kappa shape index (κ3) is 3.56. The van der Waals surface area contributed by atoms with Gasteiger partial charge in [0.05, 0.1) is 17.4 Å². The highest BCUT2D eigenvalue weighted by molar-refractivity contribution is 9.10. The average molecular weight is 335 g/mol. The van der Waals surface area contributed by atoms with E-state index in [2.05, 4.69) is 27.3 Å². The maximum atomic E-state index is 12.8. The molecule has 0 fully saturated rings. The summed E-state index contributed by atoms with van der Waals surface area (Å²) in [6.07, 6.45) is -0.772. The Morgan fingerprint density at radius 1 is 1.25 bits per heavy atom. The molecule has 1 unspecified atom stereocenters. The molecule has 0 aliphatic heterocycles. The van der Waals surface area contributed by atoms with Crippen LogP contribution in [0.4, 0.5) is 10.1 Å². The fraction of sp³-hybridized carbons (Fsp3) is 0.133. The quantitative estimate of drug-likeness (QED) is 0.898. The van der Waals surface area contributed by atoms with Gasteiger partial charge in [-0.25, -0.2) is 4.39 Å². The van der Waals surface area contributed by atoms with Crippen molar-refractivity contribution in [3.63, 3.8) is 0 Å². The Morgan fingerprint density at radius 2 is 1.95 bits per heavy atom. The van der Waals surface area contributed by atoms with Crippen LogP contribution in [-0.4, -0.2) is 11.7 Å². The van der Waals surface area contributed by atoms with E-state index in [4.69, 9.17) is 5.26 Å². The van der Waals surface area contributed by atoms with Gasteiger partial charge in [0, 0.05) is 11.0 Å². The van der Waals surface area contributed by atoms with Gasteiger partial charge in [0.25, 0.3) is 0 Å². The van der Waals surface area contributed by atoms with Crippen LogP contribution in [0.2, 0.25) is 0 Å². The zero-order chi connectivity index (χ0) is 14.5. The summed E-state index contributed by atoms with van der Waals surface area (Å²) in [6, 6.07) is 13.0. The Hall–Kier alpha value is -1.90. The fourth-order valence-electron chi connectivity index (χ4n) is 1.77. The molecule has 0 saturated heterocycles. The number of rotatable bonds is 4. The third-order valence-electron chi connectivity index (χ3n) is 2.84. The van der Waals surface area contributed by atoms with Gasteiger partial charge in [-0.1, -0.05) is 28.1 Å². The lowest BCUT2D eigenvalue weighted by Crippen LogP contribution is -2.12. The lowest BCUT2D eigenvalue weighted by Gasteiger charge is -2.14. The Labute approximate surface area is 124 Å². The minimum Gasteiger partial charge on any atom is -0.387 e. The van der Waals surface area contributed by atoms with Crippen molar-refractivity contribution >= 4 is 21.6 Å². The van der Waals surface area contributed by atoms with Crippen molar-refractivity contribution in [3.05, 3.63) is 63.9 Å². The van der Waals surface area contributed by atoms with Crippen molar-refractivity contribution in [2.24, 2.45) is 0 Å². The molecule has 1 atom stereocenters. The highest BCUT2D eigenvalue weighted by Crippen LogP contribution is 2.21. The van der Waals surface area contributed by atoms with Crippen LogP contribution in [-0.2, 0) is 0 Å². The van der Waals surface area contributed by atoms with Gasteiger partial charge in [-0.3, -0.25) is 0 Å². The molecule has 0 heterocycles. The monoisotopic (exact) mass is 334 g/mol. The molecule has 0 spiro atoms. The van der Waals surface area contributed by atoms with Crippen molar-refractivity contribution in [3.8, 4) is 6.07 Å². The molecule has 2 aromatic rings. The van der Waals surface area contributed by atoms with Gasteiger partial charge in [0.15, 0.2) is 0 Å². The van der Waals surface area contributed by atoms with Crippen molar-refractivity contribution in [2.45, 2.75) is 6.10 Å². The normalized spacial score (nSPS) is 11.7. The number of nitriles is 1. The van der Waals surface area contributed by atoms with Crippen LogP contribution in [0.3, 0.4) is 0 Å². The van der Waals surface area contributed by atoms with Crippen molar-refractivity contribution in [2.75, 3.05) is 11.9 Å². The molecule has 0 amide bonds. The lowest BCUT2D eigenvalue weighted by atomic mass is 10.1. The molecule has 2 rings (SSSR count). The van der Waals surface area contributed by atoms with E-state index in [1.807, 2.05) is 6.07 Å². The second-order valence-electron chi connectivity index (χ2n) is 4.25. The zero-order valence-corrected chi connectivity index (χ0v) is 12.1. The Balaban J connectivity index is 2.05. The van der Waals surface area contributed by atoms with Gasteiger partial charge >= 0.3 is 0 Å². The van der Waals surface area contributed by atoms with Crippen LogP contribution in [0.1, 0.15) is 17.2 Å². The first-order valence-electron chi connectivity index (χ1n) is 5.97. The number of benzene rings is 2. The van der Waals surface area contributed by atoms with E-state index in [9.17, 15) is 9.50 Å². The molecule has 0 radical (unpaired) electrons. The van der Waals surface area contributed by atoms with Gasteiger partial charge in [-0.2, -0.15) is 5.26 Å². The minimum atomic E-state index is -0.772. The van der Waals surface area contributed by atoms with Gasteiger partial charge in [-0.05, 0) is 35.9 Å². The molecule has 0 aliphatic rings. The van der Waals surface area contributed by atoms with Gasteiger partial charge in [0.1, 0.15) is 11.9 Å². The molecule has 0 aromatic heterocycles. The summed E-state index contributed by atoms with van der Waals surface area (Å²) < 4.78 is 13.6. The second kappa shape index (κ2) is 6.51. The van der Waals surface area contributed by atoms with Crippen molar-refractivity contribution in [1.29, 1.82) is 5.26 Å². The maximum absolute atomic E-state index is 12.8. The molecule has 2 aromatic carbocycles. The number of anilines is 1. The molecule has 0 aliphatic carbocycles. The van der Waals surface area contributed by atoms with E-state index in [1.54, 1.807) is 12.1 Å². The van der Waals surface area contributed by atoms with Gasteiger partial charge in [-0.15, -0.1) is 0 Å². The minimum absolute atomic E-state index is 0.238. The van der Waals surface area contributed by atoms with Crippen LogP contribution >= 0.6 is 15.9 Å². The molecular weight excluding hydrogens is 323 g/mol. The molecule has 102 valence electrons. The first-order chi connectivity index (χ1) is 9.60. The van der Waals surface area contributed by atoms with Crippen LogP contribution in [0.25, 0.3) is 0 Å². The molecule has 3 nitrogen and oxygen atoms in total. The Bertz CT molecular complexity index is 637. The molecule has 0 saturated carbocycles. The Kier molecular flexibility index (Phi) is 4.72. The number of nitrogens with zero attached hydrogens (tertiary/aromatic N) is 1. The molecule has 5 heteroatoms. The standard InChI is InChI=1S/C15H12BrFN2O/c16-12-3-6-14(11(7-12)8-18)19-9-15(20)10-1-4-13(17)5-2-10/h1-7,15,19-20H,9H2. The topological polar surface area (TPSA) is 56.0 Å². The number of aliphatic hydroxyl groups excluding tert-OH is 1. The molecule has 2 N–H and O–H groups in total. The van der Waals surface area contributed by atoms with E-state index in [0.717, 1.165) is 4.47 Å². The van der Waals surface area contributed by atoms with Crippen LogP contribution in [0.5, 0.6) is 0 Å². The van der Waals surface area contributed by atoms with Crippen LogP contribution < -0.4 is 5.32 Å². The second-order valence-corrected chi connectivity index (χ2v) is 5.17. The predicted molar refractivity (Wildman–Crippen MR) is 78.7 cm³/mol. The van der Waals surface area contributed by atoms with E-state index in [-0.39, 0.29) is 12.4 Å². The summed E-state index contributed by atoms with van der Waals surface area (Å²) in [5.41, 5.74) is 1.76. The first kappa shape index (κ1) is 14.5. The summed E-state index contributed by atoms with van der Waals surface area (Å²) in [4.78, 5) is 0. The van der Waals surface area contributed by atoms with Crippen molar-refractivity contribution in [1.82, 2.24) is 0 Å². The smallest absolute Gasteiger partial charge is 0.123 e. The zero-order valence-electron chi connectivity index (χ0n) is 10.5. The molecule has 0 bridgehead atoms. The van der Waals surface area contributed by atoms with Gasteiger partial charge in [0.2, 0.25) is 0 Å². The fourth-order valence-corrected chi connectivity index (χ4v) is 2.13. The number of hydrogen-bond donors (Lipinski definition) is 2. The molecular formula is C15H12BrFN2O. The van der Waals surface area contributed by atoms with Crippen LogP contribution in [0.15, 0.2) is 46.9 Å². The van der Waals surface area contributed by atoms with E-state index >= 15 is 0 Å². The lowest BCUT2D eigenvalue weighted by molar-refractivity contribution is 0.191. The largest absolute Gasteiger partial charge is 0.387 e. The molecule has 20 heavy (non-hydrogen) atoms. The highest BCUT2D eigenvalue weighted by Gasteiger charge is 2.09. The first-order valence-corrected chi connectivity index (χ1v) is 6.76. The summed E-state index contributed by atoms with van der Waals surface area (Å²) in [6.45, 7) is 0.238. The summed E-state index contributed by atoms with van der Waals surface area (Å²) in [5, 5.41) is 22.1. The maximum Gasteiger partial charge on any atom is 0.123 e. The summed E-state index contributed by atoms with van der Waals surface area (Å²) >= 11 is 3.30. The number of hydrogen-bond acceptors (Lipinski definition) is 3. The third-order valence-corrected chi connectivity index (χ3v) is 3.34. The van der Waals surface area contributed by atoms with Crippen molar-refractivity contribution < 1.29 is 9.50 Å². The number of aliphatic hydroxyl groups is 1.